The molecule has 0 atom stereocenters. The van der Waals surface area contributed by atoms with Crippen molar-refractivity contribution in [3.63, 3.8) is 0 Å². The molecular weight excluding hydrogens is 362 g/mol. The molecule has 27 heavy (non-hydrogen) atoms. The monoisotopic (exact) mass is 383 g/mol. The van der Waals surface area contributed by atoms with Crippen LogP contribution >= 0.6 is 11.6 Å². The Morgan fingerprint density at radius 1 is 1.07 bits per heavy atom. The fraction of sp³-hybridized carbons (Fsp3) is 0.286. The Morgan fingerprint density at radius 2 is 1.81 bits per heavy atom. The van der Waals surface area contributed by atoms with Gasteiger partial charge in [0.2, 0.25) is 0 Å². The van der Waals surface area contributed by atoms with E-state index in [1.807, 2.05) is 12.1 Å². The number of likely N-dealkylation sites (N-methyl/N-ethyl adjacent to an activating group) is 1. The molecule has 5 nitrogen and oxygen atoms in total. The van der Waals surface area contributed by atoms with Crippen LogP contribution in [0.25, 0.3) is 11.0 Å². The van der Waals surface area contributed by atoms with Gasteiger partial charge in [0.15, 0.2) is 5.76 Å². The van der Waals surface area contributed by atoms with Crippen molar-refractivity contribution in [2.45, 2.75) is 6.54 Å². The first-order valence-corrected chi connectivity index (χ1v) is 9.45. The van der Waals surface area contributed by atoms with Crippen LogP contribution in [0.4, 0.5) is 5.69 Å². The average molecular weight is 384 g/mol. The number of carbonyl (C=O) groups excluding carboxylic acids is 1. The first-order valence-electron chi connectivity index (χ1n) is 9.07. The number of hydrogen-bond acceptors (Lipinski definition) is 4. The summed E-state index contributed by atoms with van der Waals surface area (Å²) in [6, 6.07) is 15.0. The lowest BCUT2D eigenvalue weighted by Gasteiger charge is -2.32. The van der Waals surface area contributed by atoms with Crippen molar-refractivity contribution in [3.05, 3.63) is 64.9 Å². The topological polar surface area (TPSA) is 48.7 Å². The number of amides is 1. The van der Waals surface area contributed by atoms with Crippen molar-refractivity contribution < 1.29 is 9.21 Å². The van der Waals surface area contributed by atoms with Crippen molar-refractivity contribution >= 4 is 34.2 Å². The van der Waals surface area contributed by atoms with Gasteiger partial charge in [0, 0.05) is 48.8 Å². The molecule has 2 heterocycles. The predicted molar refractivity (Wildman–Crippen MR) is 108 cm³/mol. The van der Waals surface area contributed by atoms with Crippen molar-refractivity contribution in [2.75, 3.05) is 38.5 Å². The molecule has 0 saturated carbocycles. The summed E-state index contributed by atoms with van der Waals surface area (Å²) in [4.78, 5) is 17.3. The molecule has 2 aromatic carbocycles. The Kier molecular flexibility index (Phi) is 5.16. The molecule has 1 aromatic heterocycles. The number of halogens is 1. The van der Waals surface area contributed by atoms with E-state index < -0.39 is 0 Å². The summed E-state index contributed by atoms with van der Waals surface area (Å²) in [6.45, 7) is 5.33. The molecule has 1 amide bonds. The molecule has 1 fully saturated rings. The van der Waals surface area contributed by atoms with Crippen LogP contribution in [-0.4, -0.2) is 48.9 Å². The molecule has 0 radical (unpaired) electrons. The highest BCUT2D eigenvalue weighted by atomic mass is 35.5. The molecule has 3 aromatic rings. The van der Waals surface area contributed by atoms with E-state index in [4.69, 9.17) is 16.0 Å². The third kappa shape index (κ3) is 4.33. The van der Waals surface area contributed by atoms with Crippen LogP contribution in [0.3, 0.4) is 0 Å². The molecule has 0 bridgehead atoms. The summed E-state index contributed by atoms with van der Waals surface area (Å²) >= 11 is 5.98. The zero-order valence-corrected chi connectivity index (χ0v) is 16.0. The molecule has 1 aliphatic rings. The molecule has 6 heteroatoms. The zero-order chi connectivity index (χ0) is 18.8. The highest BCUT2D eigenvalue weighted by Crippen LogP contribution is 2.24. The number of rotatable bonds is 4. The van der Waals surface area contributed by atoms with Crippen LogP contribution in [0, 0.1) is 0 Å². The van der Waals surface area contributed by atoms with Crippen molar-refractivity contribution in [1.82, 2.24) is 9.80 Å². The first-order chi connectivity index (χ1) is 13.1. The number of piperazine rings is 1. The molecule has 1 saturated heterocycles. The second kappa shape index (κ2) is 7.72. The standard InChI is InChI=1S/C21H22ClN3O2/c1-24-8-10-25(11-9-24)14-15-2-5-18(6-3-15)23-21(26)20-13-16-12-17(22)4-7-19(16)27-20/h2-7,12-13H,8-11,14H2,1H3,(H,23,26). The number of furan rings is 1. The van der Waals surface area contributed by atoms with Crippen LogP contribution < -0.4 is 5.32 Å². The molecule has 1 aliphatic heterocycles. The lowest BCUT2D eigenvalue weighted by Crippen LogP contribution is -2.43. The van der Waals surface area contributed by atoms with E-state index in [1.165, 1.54) is 5.56 Å². The van der Waals surface area contributed by atoms with Gasteiger partial charge in [-0.1, -0.05) is 23.7 Å². The normalized spacial score (nSPS) is 15.9. The smallest absolute Gasteiger partial charge is 0.291 e. The molecular formula is C21H22ClN3O2. The van der Waals surface area contributed by atoms with Crippen LogP contribution in [0.5, 0.6) is 0 Å². The van der Waals surface area contributed by atoms with E-state index in [0.717, 1.165) is 43.8 Å². The lowest BCUT2D eigenvalue weighted by molar-refractivity contribution is 0.0998. The molecule has 4 rings (SSSR count). The summed E-state index contributed by atoms with van der Waals surface area (Å²) in [7, 11) is 2.16. The van der Waals surface area contributed by atoms with Crippen molar-refractivity contribution in [3.8, 4) is 0 Å². The molecule has 1 N–H and O–H groups in total. The minimum Gasteiger partial charge on any atom is -0.451 e. The number of carbonyl (C=O) groups is 1. The second-order valence-corrected chi connectivity index (χ2v) is 7.46. The van der Waals surface area contributed by atoms with Gasteiger partial charge in [0.1, 0.15) is 5.58 Å². The summed E-state index contributed by atoms with van der Waals surface area (Å²) in [6.07, 6.45) is 0. The summed E-state index contributed by atoms with van der Waals surface area (Å²) in [5, 5.41) is 4.32. The first kappa shape index (κ1) is 18.0. The number of nitrogens with zero attached hydrogens (tertiary/aromatic N) is 2. The maximum absolute atomic E-state index is 12.5. The van der Waals surface area contributed by atoms with E-state index in [9.17, 15) is 4.79 Å². The fourth-order valence-corrected chi connectivity index (χ4v) is 3.46. The third-order valence-corrected chi connectivity index (χ3v) is 5.15. The van der Waals surface area contributed by atoms with E-state index >= 15 is 0 Å². The second-order valence-electron chi connectivity index (χ2n) is 7.02. The minimum absolute atomic E-state index is 0.269. The Balaban J connectivity index is 1.39. The van der Waals surface area contributed by atoms with Crippen LogP contribution in [-0.2, 0) is 6.54 Å². The van der Waals surface area contributed by atoms with Gasteiger partial charge in [-0.25, -0.2) is 0 Å². The number of nitrogens with one attached hydrogen (secondary N) is 1. The van der Waals surface area contributed by atoms with Gasteiger partial charge in [-0.05, 0) is 49.0 Å². The highest BCUT2D eigenvalue weighted by molar-refractivity contribution is 6.31. The van der Waals surface area contributed by atoms with Gasteiger partial charge >= 0.3 is 0 Å². The Labute approximate surface area is 163 Å². The molecule has 140 valence electrons. The van der Waals surface area contributed by atoms with E-state index in [0.29, 0.717) is 10.6 Å². The summed E-state index contributed by atoms with van der Waals surface area (Å²) < 4.78 is 5.61. The average Bonchev–Trinajstić information content (AvgIpc) is 3.08. The van der Waals surface area contributed by atoms with Gasteiger partial charge in [0.05, 0.1) is 0 Å². The van der Waals surface area contributed by atoms with Gasteiger partial charge < -0.3 is 14.6 Å². The largest absolute Gasteiger partial charge is 0.451 e. The van der Waals surface area contributed by atoms with Crippen LogP contribution in [0.2, 0.25) is 5.02 Å². The van der Waals surface area contributed by atoms with Gasteiger partial charge in [-0.2, -0.15) is 0 Å². The lowest BCUT2D eigenvalue weighted by atomic mass is 10.1. The highest BCUT2D eigenvalue weighted by Gasteiger charge is 2.15. The summed E-state index contributed by atoms with van der Waals surface area (Å²) in [5.74, 6) is 0.00270. The Bertz CT molecular complexity index is 944. The maximum atomic E-state index is 12.5. The van der Waals surface area contributed by atoms with E-state index in [1.54, 1.807) is 24.3 Å². The van der Waals surface area contributed by atoms with Crippen molar-refractivity contribution in [1.29, 1.82) is 0 Å². The molecule has 0 aliphatic carbocycles. The van der Waals surface area contributed by atoms with Crippen LogP contribution in [0.15, 0.2) is 52.9 Å². The van der Waals surface area contributed by atoms with E-state index in [-0.39, 0.29) is 11.7 Å². The Hall–Kier alpha value is -2.34. The van der Waals surface area contributed by atoms with Gasteiger partial charge in [0.25, 0.3) is 5.91 Å². The number of anilines is 1. The number of fused-ring (bicyclic) bond motifs is 1. The summed E-state index contributed by atoms with van der Waals surface area (Å²) in [5.41, 5.74) is 2.64. The minimum atomic E-state index is -0.269. The van der Waals surface area contributed by atoms with Crippen LogP contribution in [0.1, 0.15) is 16.1 Å². The molecule has 0 spiro atoms. The predicted octanol–water partition coefficient (Wildman–Crippen LogP) is 4.09. The zero-order valence-electron chi connectivity index (χ0n) is 15.2. The number of benzene rings is 2. The van der Waals surface area contributed by atoms with E-state index in [2.05, 4.69) is 34.3 Å². The quantitative estimate of drug-likeness (QED) is 0.737. The molecule has 0 unspecified atom stereocenters. The third-order valence-electron chi connectivity index (χ3n) is 4.92. The SMILES string of the molecule is CN1CCN(Cc2ccc(NC(=O)c3cc4cc(Cl)ccc4o3)cc2)CC1. The van der Waals surface area contributed by atoms with Gasteiger partial charge in [-0.3, -0.25) is 9.69 Å². The Morgan fingerprint density at radius 3 is 2.56 bits per heavy atom. The fourth-order valence-electron chi connectivity index (χ4n) is 3.28. The van der Waals surface area contributed by atoms with Crippen molar-refractivity contribution in [2.24, 2.45) is 0 Å². The maximum Gasteiger partial charge on any atom is 0.291 e. The number of hydrogen-bond donors (Lipinski definition) is 1. The van der Waals surface area contributed by atoms with Gasteiger partial charge in [-0.15, -0.1) is 0 Å².